The molecule has 5 heteroatoms. The molecule has 1 atom stereocenters. The zero-order chi connectivity index (χ0) is 15.2. The summed E-state index contributed by atoms with van der Waals surface area (Å²) in [5.74, 6) is 1.72. The van der Waals surface area contributed by atoms with Crippen LogP contribution in [0.25, 0.3) is 0 Å². The van der Waals surface area contributed by atoms with Crippen molar-refractivity contribution < 1.29 is 4.79 Å². The Hall–Kier alpha value is -1.65. The van der Waals surface area contributed by atoms with Crippen LogP contribution >= 0.6 is 0 Å². The number of aromatic nitrogens is 3. The van der Waals surface area contributed by atoms with Crippen LogP contribution in [0.4, 0.5) is 5.82 Å². The number of rotatable bonds is 9. The Labute approximate surface area is 127 Å². The van der Waals surface area contributed by atoms with Gasteiger partial charge in [0.15, 0.2) is 5.82 Å². The smallest absolute Gasteiger partial charge is 0.231 e. The Morgan fingerprint density at radius 3 is 3.00 bits per heavy atom. The molecular formula is C16H26N4O. The number of allylic oxidation sites excluding steroid dienone is 1. The molecule has 0 spiro atoms. The molecule has 1 aromatic heterocycles. The van der Waals surface area contributed by atoms with E-state index in [1.54, 1.807) is 4.90 Å². The number of carbonyl (C=O) groups is 1. The molecule has 0 N–H and O–H groups in total. The molecule has 0 aromatic carbocycles. The lowest BCUT2D eigenvalue weighted by Gasteiger charge is -2.18. The Balaban J connectivity index is 1.95. The third kappa shape index (κ3) is 4.41. The summed E-state index contributed by atoms with van der Waals surface area (Å²) in [5, 5.41) is 8.35. The molecule has 21 heavy (non-hydrogen) atoms. The van der Waals surface area contributed by atoms with E-state index in [9.17, 15) is 4.79 Å². The molecule has 0 saturated heterocycles. The van der Waals surface area contributed by atoms with Gasteiger partial charge in [0.1, 0.15) is 0 Å². The van der Waals surface area contributed by atoms with E-state index < -0.39 is 0 Å². The van der Waals surface area contributed by atoms with Crippen molar-refractivity contribution in [3.05, 3.63) is 18.9 Å². The van der Waals surface area contributed by atoms with Crippen molar-refractivity contribution in [2.24, 2.45) is 11.8 Å². The van der Waals surface area contributed by atoms with Crippen LogP contribution in [0.1, 0.15) is 46.0 Å². The molecule has 1 aliphatic carbocycles. The van der Waals surface area contributed by atoms with E-state index in [0.29, 0.717) is 11.7 Å². The molecule has 1 unspecified atom stereocenters. The lowest BCUT2D eigenvalue weighted by molar-refractivity contribution is -0.119. The van der Waals surface area contributed by atoms with Gasteiger partial charge in [0.25, 0.3) is 0 Å². The number of hydrogen-bond acceptors (Lipinski definition) is 3. The van der Waals surface area contributed by atoms with Crippen LogP contribution in [0, 0.1) is 11.8 Å². The molecule has 1 heterocycles. The second-order valence-corrected chi connectivity index (χ2v) is 6.02. The van der Waals surface area contributed by atoms with Crippen LogP contribution in [0.5, 0.6) is 0 Å². The first-order chi connectivity index (χ1) is 10.2. The van der Waals surface area contributed by atoms with Gasteiger partial charge in [-0.1, -0.05) is 25.1 Å². The fourth-order valence-electron chi connectivity index (χ4n) is 2.39. The average molecular weight is 290 g/mol. The maximum Gasteiger partial charge on any atom is 0.231 e. The van der Waals surface area contributed by atoms with Crippen molar-refractivity contribution in [2.75, 3.05) is 11.4 Å². The van der Waals surface area contributed by atoms with Gasteiger partial charge in [0.2, 0.25) is 5.91 Å². The zero-order valence-electron chi connectivity index (χ0n) is 13.2. The van der Waals surface area contributed by atoms with Gasteiger partial charge >= 0.3 is 0 Å². The lowest BCUT2D eigenvalue weighted by Crippen LogP contribution is -2.33. The van der Waals surface area contributed by atoms with E-state index >= 15 is 0 Å². The molecule has 0 bridgehead atoms. The van der Waals surface area contributed by atoms with Crippen LogP contribution < -0.4 is 4.90 Å². The molecule has 1 saturated carbocycles. The molecule has 1 aromatic rings. The van der Waals surface area contributed by atoms with Crippen molar-refractivity contribution in [3.63, 3.8) is 0 Å². The SMILES string of the molecule is C=CCC(C)CCn1cc(N(CCC)C(=O)C2CC2)nn1. The van der Waals surface area contributed by atoms with Crippen LogP contribution in [-0.4, -0.2) is 27.4 Å². The molecule has 2 rings (SSSR count). The van der Waals surface area contributed by atoms with Gasteiger partial charge in [0.05, 0.1) is 6.20 Å². The molecule has 1 amide bonds. The second-order valence-electron chi connectivity index (χ2n) is 6.02. The predicted octanol–water partition coefficient (Wildman–Crippen LogP) is 3.03. The second kappa shape index (κ2) is 7.38. The highest BCUT2D eigenvalue weighted by molar-refractivity contribution is 5.95. The molecule has 1 aliphatic rings. The number of carbonyl (C=O) groups excluding carboxylic acids is 1. The normalized spacial score (nSPS) is 15.7. The first-order valence-corrected chi connectivity index (χ1v) is 7.98. The monoisotopic (exact) mass is 290 g/mol. The highest BCUT2D eigenvalue weighted by Gasteiger charge is 2.34. The summed E-state index contributed by atoms with van der Waals surface area (Å²) in [5.41, 5.74) is 0. The van der Waals surface area contributed by atoms with E-state index in [1.807, 2.05) is 17.0 Å². The van der Waals surface area contributed by atoms with E-state index in [1.165, 1.54) is 0 Å². The molecule has 1 fully saturated rings. The summed E-state index contributed by atoms with van der Waals surface area (Å²) in [7, 11) is 0. The Kier molecular flexibility index (Phi) is 5.53. The maximum atomic E-state index is 12.3. The highest BCUT2D eigenvalue weighted by atomic mass is 16.2. The standard InChI is InChI=1S/C16H26N4O/c1-4-6-13(3)9-11-19-12-15(17-18-19)20(10-5-2)16(21)14-7-8-14/h4,12-14H,1,5-11H2,2-3H3. The highest BCUT2D eigenvalue weighted by Crippen LogP contribution is 2.32. The van der Waals surface area contributed by atoms with Crippen LogP contribution in [0.2, 0.25) is 0 Å². The van der Waals surface area contributed by atoms with E-state index in [4.69, 9.17) is 0 Å². The third-order valence-corrected chi connectivity index (χ3v) is 3.86. The van der Waals surface area contributed by atoms with Crippen LogP contribution in [0.3, 0.4) is 0 Å². The van der Waals surface area contributed by atoms with Crippen molar-refractivity contribution in [1.82, 2.24) is 15.0 Å². The van der Waals surface area contributed by atoms with Gasteiger partial charge in [-0.05, 0) is 38.0 Å². The summed E-state index contributed by atoms with van der Waals surface area (Å²) in [4.78, 5) is 14.1. The van der Waals surface area contributed by atoms with Crippen molar-refractivity contribution in [3.8, 4) is 0 Å². The Morgan fingerprint density at radius 1 is 1.62 bits per heavy atom. The van der Waals surface area contributed by atoms with Gasteiger partial charge in [-0.25, -0.2) is 0 Å². The first kappa shape index (κ1) is 15.7. The summed E-state index contributed by atoms with van der Waals surface area (Å²) >= 11 is 0. The van der Waals surface area contributed by atoms with Gasteiger partial charge < -0.3 is 0 Å². The quantitative estimate of drug-likeness (QED) is 0.657. The van der Waals surface area contributed by atoms with Crippen molar-refractivity contribution in [1.29, 1.82) is 0 Å². The summed E-state index contributed by atoms with van der Waals surface area (Å²) in [6.07, 6.45) is 8.88. The maximum absolute atomic E-state index is 12.3. The molecule has 5 nitrogen and oxygen atoms in total. The third-order valence-electron chi connectivity index (χ3n) is 3.86. The number of nitrogens with zero attached hydrogens (tertiary/aromatic N) is 4. The topological polar surface area (TPSA) is 51.0 Å². The van der Waals surface area contributed by atoms with Gasteiger partial charge in [-0.15, -0.1) is 11.7 Å². The minimum absolute atomic E-state index is 0.212. The Morgan fingerprint density at radius 2 is 2.38 bits per heavy atom. The first-order valence-electron chi connectivity index (χ1n) is 7.98. The number of amides is 1. The summed E-state index contributed by atoms with van der Waals surface area (Å²) in [6, 6.07) is 0. The summed E-state index contributed by atoms with van der Waals surface area (Å²) < 4.78 is 1.84. The fourth-order valence-corrected chi connectivity index (χ4v) is 2.39. The van der Waals surface area contributed by atoms with Crippen LogP contribution in [0.15, 0.2) is 18.9 Å². The van der Waals surface area contributed by atoms with E-state index in [0.717, 1.165) is 45.2 Å². The predicted molar refractivity (Wildman–Crippen MR) is 84.0 cm³/mol. The number of aryl methyl sites for hydroxylation is 1. The molecule has 116 valence electrons. The molecule has 0 aliphatic heterocycles. The Bertz CT molecular complexity index is 478. The molecular weight excluding hydrogens is 264 g/mol. The number of anilines is 1. The average Bonchev–Trinajstić information content (AvgIpc) is 3.22. The van der Waals surface area contributed by atoms with Gasteiger partial charge in [0, 0.05) is 19.0 Å². The van der Waals surface area contributed by atoms with Crippen molar-refractivity contribution >= 4 is 11.7 Å². The zero-order valence-corrected chi connectivity index (χ0v) is 13.2. The summed E-state index contributed by atoms with van der Waals surface area (Å²) in [6.45, 7) is 9.61. The van der Waals surface area contributed by atoms with Crippen LogP contribution in [-0.2, 0) is 11.3 Å². The lowest BCUT2D eigenvalue weighted by atomic mass is 10.0. The van der Waals surface area contributed by atoms with Crippen molar-refractivity contribution in [2.45, 2.75) is 52.5 Å². The fraction of sp³-hybridized carbons (Fsp3) is 0.688. The van der Waals surface area contributed by atoms with Gasteiger partial charge in [-0.3, -0.25) is 14.4 Å². The minimum atomic E-state index is 0.212. The van der Waals surface area contributed by atoms with E-state index in [2.05, 4.69) is 30.7 Å². The van der Waals surface area contributed by atoms with Gasteiger partial charge in [-0.2, -0.15) is 0 Å². The number of hydrogen-bond donors (Lipinski definition) is 0. The minimum Gasteiger partial charge on any atom is -0.294 e. The molecule has 0 radical (unpaired) electrons. The van der Waals surface area contributed by atoms with E-state index in [-0.39, 0.29) is 11.8 Å². The largest absolute Gasteiger partial charge is 0.294 e.